The smallest absolute Gasteiger partial charge is 0.325 e. The summed E-state index contributed by atoms with van der Waals surface area (Å²) < 4.78 is 6.95. The average molecular weight is 436 g/mol. The SMILES string of the molecule is CCOC(=O)Cn1cc(/C=C2\S[C@@H](Nc3ccc(CC)cc3)NC2=O)c2ccccc21. The summed E-state index contributed by atoms with van der Waals surface area (Å²) in [5.41, 5.74) is 3.82. The second kappa shape index (κ2) is 9.31. The Morgan fingerprint density at radius 2 is 1.97 bits per heavy atom. The molecule has 1 saturated heterocycles. The number of rotatable bonds is 7. The highest BCUT2D eigenvalue weighted by Gasteiger charge is 2.27. The summed E-state index contributed by atoms with van der Waals surface area (Å²) >= 11 is 1.45. The molecule has 2 aromatic carbocycles. The molecule has 6 nitrogen and oxygen atoms in total. The Balaban J connectivity index is 1.55. The maximum absolute atomic E-state index is 12.6. The molecule has 1 aliphatic heterocycles. The Kier molecular flexibility index (Phi) is 6.32. The summed E-state index contributed by atoms with van der Waals surface area (Å²) in [6.45, 7) is 4.40. The Morgan fingerprint density at radius 1 is 1.19 bits per heavy atom. The Labute approximate surface area is 185 Å². The highest BCUT2D eigenvalue weighted by atomic mass is 32.2. The van der Waals surface area contributed by atoms with Gasteiger partial charge in [0, 0.05) is 28.4 Å². The molecule has 31 heavy (non-hydrogen) atoms. The van der Waals surface area contributed by atoms with E-state index in [1.54, 1.807) is 6.92 Å². The van der Waals surface area contributed by atoms with Crippen molar-refractivity contribution < 1.29 is 14.3 Å². The lowest BCUT2D eigenvalue weighted by Crippen LogP contribution is -2.30. The number of anilines is 1. The standard InChI is InChI=1S/C24H25N3O3S/c1-3-16-9-11-18(12-10-16)25-24-26-23(29)21(31-24)13-17-14-27(15-22(28)30-4-2)20-8-6-5-7-19(17)20/h5-14,24-25H,3-4,15H2,1-2H3,(H,26,29)/b21-13-/t24-/m0/s1. The zero-order valence-electron chi connectivity index (χ0n) is 17.6. The predicted octanol–water partition coefficient (Wildman–Crippen LogP) is 4.37. The molecule has 0 aliphatic carbocycles. The summed E-state index contributed by atoms with van der Waals surface area (Å²) in [7, 11) is 0. The molecule has 160 valence electrons. The lowest BCUT2D eigenvalue weighted by molar-refractivity contribution is -0.143. The lowest BCUT2D eigenvalue weighted by atomic mass is 10.1. The topological polar surface area (TPSA) is 72.4 Å². The molecule has 0 saturated carbocycles. The summed E-state index contributed by atoms with van der Waals surface area (Å²) in [4.78, 5) is 25.2. The van der Waals surface area contributed by atoms with E-state index in [-0.39, 0.29) is 23.9 Å². The number of esters is 1. The van der Waals surface area contributed by atoms with Crippen LogP contribution in [0.4, 0.5) is 5.69 Å². The highest BCUT2D eigenvalue weighted by molar-refractivity contribution is 8.05. The van der Waals surface area contributed by atoms with Crippen molar-refractivity contribution in [2.45, 2.75) is 32.3 Å². The van der Waals surface area contributed by atoms with Gasteiger partial charge in [-0.15, -0.1) is 0 Å². The van der Waals surface area contributed by atoms with Crippen LogP contribution >= 0.6 is 11.8 Å². The van der Waals surface area contributed by atoms with Crippen LogP contribution in [-0.2, 0) is 27.3 Å². The first kappa shape index (κ1) is 21.1. The zero-order valence-corrected chi connectivity index (χ0v) is 18.4. The second-order valence-corrected chi connectivity index (χ2v) is 8.36. The molecule has 1 aromatic heterocycles. The van der Waals surface area contributed by atoms with E-state index in [4.69, 9.17) is 4.74 Å². The van der Waals surface area contributed by atoms with Gasteiger partial charge in [-0.05, 0) is 43.2 Å². The van der Waals surface area contributed by atoms with Crippen molar-refractivity contribution in [3.05, 3.63) is 70.8 Å². The van der Waals surface area contributed by atoms with Gasteiger partial charge in [0.05, 0.1) is 11.5 Å². The average Bonchev–Trinajstić information content (AvgIpc) is 3.29. The van der Waals surface area contributed by atoms with E-state index in [1.165, 1.54) is 17.3 Å². The van der Waals surface area contributed by atoms with Gasteiger partial charge in [-0.2, -0.15) is 0 Å². The molecule has 1 atom stereocenters. The second-order valence-electron chi connectivity index (χ2n) is 7.21. The van der Waals surface area contributed by atoms with Crippen LogP contribution in [0.2, 0.25) is 0 Å². The monoisotopic (exact) mass is 435 g/mol. The number of aromatic nitrogens is 1. The minimum absolute atomic E-state index is 0.116. The normalized spacial score (nSPS) is 17.2. The van der Waals surface area contributed by atoms with E-state index >= 15 is 0 Å². The van der Waals surface area contributed by atoms with E-state index in [0.29, 0.717) is 11.5 Å². The van der Waals surface area contributed by atoms with E-state index in [9.17, 15) is 9.59 Å². The molecule has 0 unspecified atom stereocenters. The van der Waals surface area contributed by atoms with Gasteiger partial charge in [0.15, 0.2) is 5.50 Å². The molecule has 7 heteroatoms. The van der Waals surface area contributed by atoms with Crippen LogP contribution in [0, 0.1) is 0 Å². The molecular formula is C24H25N3O3S. The number of carbonyl (C=O) groups excluding carboxylic acids is 2. The third-order valence-electron chi connectivity index (χ3n) is 5.10. The molecule has 0 radical (unpaired) electrons. The fourth-order valence-electron chi connectivity index (χ4n) is 3.56. The van der Waals surface area contributed by atoms with Crippen LogP contribution in [0.15, 0.2) is 59.6 Å². The van der Waals surface area contributed by atoms with Gasteiger partial charge in [0.1, 0.15) is 6.54 Å². The number of ether oxygens (including phenoxy) is 1. The fourth-order valence-corrected chi connectivity index (χ4v) is 4.54. The Hall–Kier alpha value is -3.19. The molecular weight excluding hydrogens is 410 g/mol. The number of benzene rings is 2. The van der Waals surface area contributed by atoms with E-state index in [2.05, 4.69) is 29.7 Å². The quantitative estimate of drug-likeness (QED) is 0.426. The summed E-state index contributed by atoms with van der Waals surface area (Å²) in [5.74, 6) is -0.399. The van der Waals surface area contributed by atoms with Crippen LogP contribution in [0.25, 0.3) is 17.0 Å². The van der Waals surface area contributed by atoms with Gasteiger partial charge in [-0.25, -0.2) is 0 Å². The maximum atomic E-state index is 12.6. The minimum atomic E-state index is -0.284. The third kappa shape index (κ3) is 4.77. The van der Waals surface area contributed by atoms with Crippen LogP contribution in [0.1, 0.15) is 25.0 Å². The minimum Gasteiger partial charge on any atom is -0.465 e. The van der Waals surface area contributed by atoms with Gasteiger partial charge in [0.2, 0.25) is 0 Å². The van der Waals surface area contributed by atoms with E-state index in [0.717, 1.165) is 28.6 Å². The van der Waals surface area contributed by atoms with Crippen molar-refractivity contribution in [3.8, 4) is 0 Å². The number of hydrogen-bond acceptors (Lipinski definition) is 5. The molecule has 2 heterocycles. The number of thioether (sulfide) groups is 1. The fraction of sp³-hybridized carbons (Fsp3) is 0.250. The van der Waals surface area contributed by atoms with Crippen molar-refractivity contribution in [3.63, 3.8) is 0 Å². The van der Waals surface area contributed by atoms with E-state index < -0.39 is 0 Å². The number of hydrogen-bond donors (Lipinski definition) is 2. The van der Waals surface area contributed by atoms with Crippen molar-refractivity contribution in [2.24, 2.45) is 0 Å². The highest BCUT2D eigenvalue weighted by Crippen LogP contribution is 2.32. The van der Waals surface area contributed by atoms with Crippen LogP contribution in [0.3, 0.4) is 0 Å². The van der Waals surface area contributed by atoms with Gasteiger partial charge < -0.3 is 19.9 Å². The summed E-state index contributed by atoms with van der Waals surface area (Å²) in [6.07, 6.45) is 4.77. The van der Waals surface area contributed by atoms with Crippen molar-refractivity contribution in [2.75, 3.05) is 11.9 Å². The molecule has 0 spiro atoms. The molecule has 3 aromatic rings. The largest absolute Gasteiger partial charge is 0.465 e. The molecule has 0 bridgehead atoms. The number of amides is 1. The first-order chi connectivity index (χ1) is 15.1. The van der Waals surface area contributed by atoms with Crippen LogP contribution < -0.4 is 10.6 Å². The first-order valence-electron chi connectivity index (χ1n) is 10.4. The molecule has 1 aliphatic rings. The van der Waals surface area contributed by atoms with Crippen LogP contribution in [-0.4, -0.2) is 28.5 Å². The Bertz CT molecular complexity index is 1130. The van der Waals surface area contributed by atoms with Gasteiger partial charge >= 0.3 is 5.97 Å². The van der Waals surface area contributed by atoms with E-state index in [1.807, 2.05) is 53.2 Å². The number of carbonyl (C=O) groups is 2. The zero-order chi connectivity index (χ0) is 21.8. The first-order valence-corrected chi connectivity index (χ1v) is 11.2. The molecule has 2 N–H and O–H groups in total. The Morgan fingerprint density at radius 3 is 2.71 bits per heavy atom. The molecule has 1 amide bonds. The number of fused-ring (bicyclic) bond motifs is 1. The molecule has 1 fully saturated rings. The van der Waals surface area contributed by atoms with Gasteiger partial charge in [-0.1, -0.05) is 49.0 Å². The van der Waals surface area contributed by atoms with Crippen LogP contribution in [0.5, 0.6) is 0 Å². The van der Waals surface area contributed by atoms with Crippen molar-refractivity contribution >= 4 is 46.3 Å². The third-order valence-corrected chi connectivity index (χ3v) is 6.13. The summed E-state index contributed by atoms with van der Waals surface area (Å²) in [6, 6.07) is 16.0. The van der Waals surface area contributed by atoms with Gasteiger partial charge in [0.25, 0.3) is 5.91 Å². The maximum Gasteiger partial charge on any atom is 0.325 e. The van der Waals surface area contributed by atoms with Gasteiger partial charge in [-0.3, -0.25) is 9.59 Å². The number of nitrogens with zero attached hydrogens (tertiary/aromatic N) is 1. The predicted molar refractivity (Wildman–Crippen MR) is 126 cm³/mol. The molecule has 4 rings (SSSR count). The number of nitrogens with one attached hydrogen (secondary N) is 2. The van der Waals surface area contributed by atoms with Crippen molar-refractivity contribution in [1.82, 2.24) is 9.88 Å². The number of aryl methyl sites for hydroxylation is 1. The number of para-hydroxylation sites is 1. The van der Waals surface area contributed by atoms with Crippen molar-refractivity contribution in [1.29, 1.82) is 0 Å². The summed E-state index contributed by atoms with van der Waals surface area (Å²) in [5, 5.41) is 7.30. The lowest BCUT2D eigenvalue weighted by Gasteiger charge is -2.12.